The summed E-state index contributed by atoms with van der Waals surface area (Å²) >= 11 is 12.3. The van der Waals surface area contributed by atoms with Crippen molar-refractivity contribution >= 4 is 52.2 Å². The molecule has 3 amide bonds. The highest BCUT2D eigenvalue weighted by Crippen LogP contribution is 2.31. The van der Waals surface area contributed by atoms with Crippen LogP contribution in [-0.2, 0) is 6.54 Å². The molecule has 0 atom stereocenters. The second kappa shape index (κ2) is 11.2. The third-order valence-electron chi connectivity index (χ3n) is 5.57. The summed E-state index contributed by atoms with van der Waals surface area (Å²) in [6, 6.07) is 13.6. The van der Waals surface area contributed by atoms with Crippen molar-refractivity contribution in [3.05, 3.63) is 82.1 Å². The summed E-state index contributed by atoms with van der Waals surface area (Å²) in [5, 5.41) is 9.06. The first-order valence-electron chi connectivity index (χ1n) is 11.1. The molecule has 176 valence electrons. The second-order valence-electron chi connectivity index (χ2n) is 8.00. The Balaban J connectivity index is 1.53. The molecular formula is C25H25Cl2N5O2. The fourth-order valence-electron chi connectivity index (χ4n) is 3.88. The number of piperidine rings is 1. The zero-order valence-electron chi connectivity index (χ0n) is 18.5. The van der Waals surface area contributed by atoms with E-state index in [9.17, 15) is 9.59 Å². The summed E-state index contributed by atoms with van der Waals surface area (Å²) in [6.07, 6.45) is 6.75. The number of carbonyl (C=O) groups excluding carboxylic acids is 2. The van der Waals surface area contributed by atoms with Gasteiger partial charge in [0.1, 0.15) is 0 Å². The van der Waals surface area contributed by atoms with Gasteiger partial charge in [0.15, 0.2) is 0 Å². The van der Waals surface area contributed by atoms with E-state index < -0.39 is 6.03 Å². The summed E-state index contributed by atoms with van der Waals surface area (Å²) in [7, 11) is 0. The van der Waals surface area contributed by atoms with Crippen molar-refractivity contribution in [2.45, 2.75) is 25.8 Å². The van der Waals surface area contributed by atoms with E-state index in [4.69, 9.17) is 23.2 Å². The van der Waals surface area contributed by atoms with E-state index >= 15 is 0 Å². The van der Waals surface area contributed by atoms with Crippen LogP contribution in [0.1, 0.15) is 35.2 Å². The number of rotatable bonds is 6. The first-order chi connectivity index (χ1) is 16.5. The Morgan fingerprint density at radius 2 is 1.71 bits per heavy atom. The van der Waals surface area contributed by atoms with E-state index in [1.807, 2.05) is 18.2 Å². The molecule has 2 aromatic carbocycles. The van der Waals surface area contributed by atoms with Crippen LogP contribution in [0.3, 0.4) is 0 Å². The summed E-state index contributed by atoms with van der Waals surface area (Å²) in [5.41, 5.74) is 3.05. The van der Waals surface area contributed by atoms with Gasteiger partial charge >= 0.3 is 6.03 Å². The van der Waals surface area contributed by atoms with Crippen LogP contribution in [-0.4, -0.2) is 30.0 Å². The maximum Gasteiger partial charge on any atom is 0.323 e. The number of hydrogen-bond donors (Lipinski definition) is 3. The number of urea groups is 1. The van der Waals surface area contributed by atoms with Crippen molar-refractivity contribution in [3.8, 4) is 0 Å². The molecule has 1 aromatic heterocycles. The molecule has 3 aromatic rings. The molecule has 1 aliphatic rings. The molecule has 34 heavy (non-hydrogen) atoms. The summed E-state index contributed by atoms with van der Waals surface area (Å²) in [4.78, 5) is 32.1. The normalized spacial score (nSPS) is 13.3. The molecule has 0 saturated carbocycles. The maximum atomic E-state index is 13.2. The van der Waals surface area contributed by atoms with Crippen LogP contribution in [0.2, 0.25) is 10.0 Å². The molecule has 7 nitrogen and oxygen atoms in total. The highest BCUT2D eigenvalue weighted by atomic mass is 35.5. The predicted octanol–water partition coefficient (Wildman–Crippen LogP) is 5.95. The standard InChI is InChI=1S/C25H25Cl2N5O2/c26-20-7-4-8-21(27)23(20)31-25(34)30-18-9-10-22(32-12-2-1-3-13-32)19(14-18)24(33)29-16-17-6-5-11-28-15-17/h4-11,14-15H,1-3,12-13,16H2,(H,29,33)(H2,30,31,34). The highest BCUT2D eigenvalue weighted by molar-refractivity contribution is 6.39. The second-order valence-corrected chi connectivity index (χ2v) is 8.81. The molecule has 0 aliphatic carbocycles. The van der Waals surface area contributed by atoms with Crippen molar-refractivity contribution in [2.75, 3.05) is 28.6 Å². The Morgan fingerprint density at radius 3 is 2.41 bits per heavy atom. The van der Waals surface area contributed by atoms with E-state index in [0.29, 0.717) is 33.5 Å². The smallest absolute Gasteiger partial charge is 0.323 e. The average molecular weight is 498 g/mol. The van der Waals surface area contributed by atoms with Gasteiger partial charge in [-0.15, -0.1) is 0 Å². The van der Waals surface area contributed by atoms with Gasteiger partial charge in [0.05, 0.1) is 21.3 Å². The molecule has 2 heterocycles. The number of nitrogens with one attached hydrogen (secondary N) is 3. The molecular weight excluding hydrogens is 473 g/mol. The number of benzene rings is 2. The molecule has 4 rings (SSSR count). The van der Waals surface area contributed by atoms with Crippen molar-refractivity contribution in [3.63, 3.8) is 0 Å². The summed E-state index contributed by atoms with van der Waals surface area (Å²) < 4.78 is 0. The van der Waals surface area contributed by atoms with Gasteiger partial charge in [0.25, 0.3) is 5.91 Å². The number of amides is 3. The minimum atomic E-state index is -0.512. The number of nitrogens with zero attached hydrogens (tertiary/aromatic N) is 2. The Morgan fingerprint density at radius 1 is 0.941 bits per heavy atom. The van der Waals surface area contributed by atoms with Crippen LogP contribution in [0, 0.1) is 0 Å². The van der Waals surface area contributed by atoms with Crippen LogP contribution in [0.25, 0.3) is 0 Å². The summed E-state index contributed by atoms with van der Waals surface area (Å²) in [6.45, 7) is 2.14. The molecule has 3 N–H and O–H groups in total. The Labute approximate surface area is 208 Å². The van der Waals surface area contributed by atoms with E-state index in [0.717, 1.165) is 37.2 Å². The molecule has 0 spiro atoms. The Hall–Kier alpha value is -3.29. The van der Waals surface area contributed by atoms with Gasteiger partial charge in [0.2, 0.25) is 0 Å². The number of para-hydroxylation sites is 1. The van der Waals surface area contributed by atoms with Crippen LogP contribution in [0.5, 0.6) is 0 Å². The lowest BCUT2D eigenvalue weighted by Crippen LogP contribution is -2.33. The van der Waals surface area contributed by atoms with Crippen LogP contribution in [0.4, 0.5) is 21.9 Å². The maximum absolute atomic E-state index is 13.2. The molecule has 0 bridgehead atoms. The van der Waals surface area contributed by atoms with Gasteiger partial charge in [-0.05, 0) is 61.2 Å². The van der Waals surface area contributed by atoms with Gasteiger partial charge in [-0.1, -0.05) is 35.3 Å². The number of anilines is 3. The van der Waals surface area contributed by atoms with Crippen molar-refractivity contribution < 1.29 is 9.59 Å². The van der Waals surface area contributed by atoms with E-state index in [-0.39, 0.29) is 5.91 Å². The fraction of sp³-hybridized carbons (Fsp3) is 0.240. The largest absolute Gasteiger partial charge is 0.371 e. The molecule has 1 aliphatic heterocycles. The number of carbonyl (C=O) groups is 2. The zero-order valence-corrected chi connectivity index (χ0v) is 20.0. The summed E-state index contributed by atoms with van der Waals surface area (Å²) in [5.74, 6) is -0.220. The van der Waals surface area contributed by atoms with Crippen LogP contribution >= 0.6 is 23.2 Å². The first-order valence-corrected chi connectivity index (χ1v) is 11.8. The molecule has 1 saturated heterocycles. The first kappa shape index (κ1) is 23.9. The predicted molar refractivity (Wildman–Crippen MR) is 137 cm³/mol. The highest BCUT2D eigenvalue weighted by Gasteiger charge is 2.20. The molecule has 0 unspecified atom stereocenters. The monoisotopic (exact) mass is 497 g/mol. The minimum absolute atomic E-state index is 0.220. The molecule has 9 heteroatoms. The minimum Gasteiger partial charge on any atom is -0.371 e. The molecule has 1 fully saturated rings. The number of aromatic nitrogens is 1. The van der Waals surface area contributed by atoms with Crippen LogP contribution < -0.4 is 20.9 Å². The number of halogens is 2. The number of pyridine rings is 1. The number of hydrogen-bond acceptors (Lipinski definition) is 4. The van der Waals surface area contributed by atoms with E-state index in [1.165, 1.54) is 6.42 Å². The lowest BCUT2D eigenvalue weighted by molar-refractivity contribution is 0.0951. The van der Waals surface area contributed by atoms with Gasteiger partial charge in [-0.25, -0.2) is 4.79 Å². The Kier molecular flexibility index (Phi) is 7.87. The van der Waals surface area contributed by atoms with Gasteiger partial charge in [-0.3, -0.25) is 9.78 Å². The fourth-order valence-corrected chi connectivity index (χ4v) is 4.37. The van der Waals surface area contributed by atoms with Gasteiger partial charge in [0, 0.05) is 43.4 Å². The lowest BCUT2D eigenvalue weighted by atomic mass is 10.1. The quantitative estimate of drug-likeness (QED) is 0.392. The lowest BCUT2D eigenvalue weighted by Gasteiger charge is -2.30. The molecule has 0 radical (unpaired) electrons. The van der Waals surface area contributed by atoms with E-state index in [1.54, 1.807) is 42.7 Å². The third kappa shape index (κ3) is 5.98. The average Bonchev–Trinajstić information content (AvgIpc) is 2.86. The zero-order chi connectivity index (χ0) is 23.9. The van der Waals surface area contributed by atoms with Gasteiger partial charge in [-0.2, -0.15) is 0 Å². The van der Waals surface area contributed by atoms with Gasteiger partial charge < -0.3 is 20.9 Å². The van der Waals surface area contributed by atoms with Crippen molar-refractivity contribution in [1.29, 1.82) is 0 Å². The topological polar surface area (TPSA) is 86.4 Å². The van der Waals surface area contributed by atoms with Crippen molar-refractivity contribution in [2.24, 2.45) is 0 Å². The SMILES string of the molecule is O=C(Nc1ccc(N2CCCCC2)c(C(=O)NCc2cccnc2)c1)Nc1c(Cl)cccc1Cl. The Bertz CT molecular complexity index is 1150. The van der Waals surface area contributed by atoms with E-state index in [2.05, 4.69) is 25.8 Å². The van der Waals surface area contributed by atoms with Crippen molar-refractivity contribution in [1.82, 2.24) is 10.3 Å². The third-order valence-corrected chi connectivity index (χ3v) is 6.20. The van der Waals surface area contributed by atoms with Crippen LogP contribution in [0.15, 0.2) is 60.9 Å².